The van der Waals surface area contributed by atoms with Crippen LogP contribution in [0.3, 0.4) is 0 Å². The number of halogens is 1. The van der Waals surface area contributed by atoms with Crippen LogP contribution in [0.2, 0.25) is 0 Å². The molecule has 0 radical (unpaired) electrons. The number of nitrogens with two attached hydrogens (primary N) is 2. The highest BCUT2D eigenvalue weighted by Crippen LogP contribution is 0.750. The van der Waals surface area contributed by atoms with Crippen LogP contribution in [0.1, 0.15) is 0 Å². The zero-order valence-corrected chi connectivity index (χ0v) is 3.09. The summed E-state index contributed by atoms with van der Waals surface area (Å²) in [6, 6.07) is 0. The summed E-state index contributed by atoms with van der Waals surface area (Å²) in [5.41, 5.74) is 9.25. The highest BCUT2D eigenvalue weighted by atomic mass is 35.5. The van der Waals surface area contributed by atoms with Crippen LogP contribution in [0.25, 0.3) is 0 Å². The molecule has 0 heterocycles. The van der Waals surface area contributed by atoms with E-state index in [2.05, 4.69) is 11.3 Å². The lowest BCUT2D eigenvalue weighted by molar-refractivity contribution is 1.76. The number of hydrogen-bond acceptors (Lipinski definition) is 2. The first-order chi connectivity index (χ1) is 1.41. The van der Waals surface area contributed by atoms with Gasteiger partial charge >= 0.3 is 0 Å². The van der Waals surface area contributed by atoms with Gasteiger partial charge in [0.15, 0.2) is 0 Å². The largest absolute Gasteiger partial charge is 0.359 e. The zero-order chi connectivity index (χ0) is 2.71. The molecule has 0 spiro atoms. The Morgan fingerprint density at radius 2 is 1.25 bits per heavy atom. The molecule has 0 saturated carbocycles. The summed E-state index contributed by atoms with van der Waals surface area (Å²) in [6.07, 6.45) is 0. The van der Waals surface area contributed by atoms with Crippen molar-refractivity contribution >= 4 is 20.0 Å². The minimum atomic E-state index is 0. The Morgan fingerprint density at radius 1 is 1.25 bits per heavy atom. The van der Waals surface area contributed by atoms with Gasteiger partial charge < -0.3 is 11.3 Å². The predicted molar refractivity (Wildman–Crippen MR) is 22.8 cm³/mol. The molecule has 4 N–H and O–H groups in total. The molecule has 0 unspecified atom stereocenters. The van der Waals surface area contributed by atoms with Gasteiger partial charge in [-0.2, -0.15) is 0 Å². The molecule has 4 heavy (non-hydrogen) atoms. The molecule has 0 bridgehead atoms. The molecule has 0 saturated heterocycles. The smallest absolute Gasteiger partial charge is 0.280 e. The van der Waals surface area contributed by atoms with Crippen molar-refractivity contribution in [1.29, 1.82) is 0 Å². The molecule has 0 aliphatic rings. The number of rotatable bonds is 0. The SMILES string of the molecule is Cl.NBN. The second-order valence-corrected chi connectivity index (χ2v) is 0.236. The van der Waals surface area contributed by atoms with Crippen LogP contribution >= 0.6 is 12.4 Å². The van der Waals surface area contributed by atoms with Crippen LogP contribution in [-0.2, 0) is 0 Å². The van der Waals surface area contributed by atoms with Gasteiger partial charge in [0, 0.05) is 0 Å². The van der Waals surface area contributed by atoms with Crippen molar-refractivity contribution in [2.24, 2.45) is 11.3 Å². The molecule has 2 nitrogen and oxygen atoms in total. The maximum Gasteiger partial charge on any atom is 0.280 e. The Labute approximate surface area is 32.2 Å². The van der Waals surface area contributed by atoms with Crippen LogP contribution in [0, 0.1) is 0 Å². The van der Waals surface area contributed by atoms with E-state index < -0.39 is 0 Å². The monoisotopic (exact) mass is 80.0 g/mol. The van der Waals surface area contributed by atoms with Gasteiger partial charge in [0.25, 0.3) is 7.55 Å². The number of hydrogen-bond donors (Lipinski definition) is 2. The standard InChI is InChI=1S/BH5N2.ClH/c2-1-3;/h1H,2-3H2;1H. The van der Waals surface area contributed by atoms with E-state index in [1.54, 1.807) is 0 Å². The first-order valence-corrected chi connectivity index (χ1v) is 0.816. The fraction of sp³-hybridized carbons (Fsp3) is 0. The summed E-state index contributed by atoms with van der Waals surface area (Å²) < 4.78 is 0. The third-order valence-electron chi connectivity index (χ3n) is 0. The normalized spacial score (nSPS) is 3.50. The second kappa shape index (κ2) is 10.4. The van der Waals surface area contributed by atoms with Crippen LogP contribution in [0.15, 0.2) is 0 Å². The molecule has 0 atom stereocenters. The van der Waals surface area contributed by atoms with Gasteiger partial charge in [0.2, 0.25) is 0 Å². The highest BCUT2D eigenvalue weighted by molar-refractivity contribution is 6.26. The van der Waals surface area contributed by atoms with E-state index in [4.69, 9.17) is 0 Å². The van der Waals surface area contributed by atoms with E-state index in [1.165, 1.54) is 0 Å². The van der Waals surface area contributed by atoms with Crippen molar-refractivity contribution in [3.05, 3.63) is 0 Å². The van der Waals surface area contributed by atoms with Crippen molar-refractivity contribution in [1.82, 2.24) is 0 Å². The van der Waals surface area contributed by atoms with E-state index in [1.807, 2.05) is 0 Å². The van der Waals surface area contributed by atoms with Crippen molar-refractivity contribution < 1.29 is 0 Å². The molecule has 0 rings (SSSR count). The summed E-state index contributed by atoms with van der Waals surface area (Å²) in [5, 5.41) is 0. The molecule has 0 aromatic carbocycles. The minimum absolute atomic E-state index is 0. The van der Waals surface area contributed by atoms with Gasteiger partial charge in [-0.15, -0.1) is 12.4 Å². The van der Waals surface area contributed by atoms with Gasteiger partial charge in [-0.3, -0.25) is 0 Å². The van der Waals surface area contributed by atoms with Crippen molar-refractivity contribution in [2.45, 2.75) is 0 Å². The van der Waals surface area contributed by atoms with E-state index in [9.17, 15) is 0 Å². The highest BCUT2D eigenvalue weighted by Gasteiger charge is 1.41. The molecule has 0 aliphatic carbocycles. The third kappa shape index (κ3) is 48.9. The van der Waals surface area contributed by atoms with Gasteiger partial charge in [-0.05, 0) is 0 Å². The van der Waals surface area contributed by atoms with Crippen LogP contribution in [0.4, 0.5) is 0 Å². The summed E-state index contributed by atoms with van der Waals surface area (Å²) in [5.74, 6) is 0. The Kier molecular flexibility index (Phi) is 23.1. The van der Waals surface area contributed by atoms with Crippen LogP contribution in [0.5, 0.6) is 0 Å². The minimum Gasteiger partial charge on any atom is -0.359 e. The van der Waals surface area contributed by atoms with Crippen molar-refractivity contribution in [3.63, 3.8) is 0 Å². The zero-order valence-electron chi connectivity index (χ0n) is 2.27. The average Bonchev–Trinajstić information content (AvgIpc) is 0.918. The van der Waals surface area contributed by atoms with E-state index in [0.29, 0.717) is 0 Å². The molecule has 4 heteroatoms. The molecule has 26 valence electrons. The summed E-state index contributed by atoms with van der Waals surface area (Å²) >= 11 is 0. The lowest BCUT2D eigenvalue weighted by Gasteiger charge is -1.49. The molecule has 0 aromatic heterocycles. The first-order valence-electron chi connectivity index (χ1n) is 0.816. The Balaban J connectivity index is 0. The van der Waals surface area contributed by atoms with E-state index >= 15 is 0 Å². The van der Waals surface area contributed by atoms with E-state index in [-0.39, 0.29) is 20.0 Å². The fourth-order valence-electron chi connectivity index (χ4n) is 0. The molecular formula is H6BClN2. The Bertz CT molecular complexity index is 6.00. The Morgan fingerprint density at radius 3 is 1.25 bits per heavy atom. The maximum atomic E-state index is 4.62. The van der Waals surface area contributed by atoms with E-state index in [0.717, 1.165) is 0 Å². The van der Waals surface area contributed by atoms with Gasteiger partial charge in [0.1, 0.15) is 0 Å². The second-order valence-electron chi connectivity index (χ2n) is 0.236. The summed E-state index contributed by atoms with van der Waals surface area (Å²) in [4.78, 5) is 0. The van der Waals surface area contributed by atoms with Gasteiger partial charge in [-0.1, -0.05) is 0 Å². The topological polar surface area (TPSA) is 52.0 Å². The van der Waals surface area contributed by atoms with Gasteiger partial charge in [-0.25, -0.2) is 0 Å². The fourth-order valence-corrected chi connectivity index (χ4v) is 0. The summed E-state index contributed by atoms with van der Waals surface area (Å²) in [7, 11) is 0.250. The molecular weight excluding hydrogens is 74.3 g/mol. The van der Waals surface area contributed by atoms with Crippen molar-refractivity contribution in [3.8, 4) is 0 Å². The molecule has 0 aliphatic heterocycles. The summed E-state index contributed by atoms with van der Waals surface area (Å²) in [6.45, 7) is 0. The van der Waals surface area contributed by atoms with Crippen molar-refractivity contribution in [2.75, 3.05) is 0 Å². The lowest BCUT2D eigenvalue weighted by atomic mass is 10.3. The average molecular weight is 80.3 g/mol. The maximum absolute atomic E-state index is 4.62. The van der Waals surface area contributed by atoms with Crippen LogP contribution < -0.4 is 11.3 Å². The lowest BCUT2D eigenvalue weighted by Crippen LogP contribution is -2.15. The Hall–Kier alpha value is 0.275. The first kappa shape index (κ1) is 8.86. The molecule has 0 amide bonds. The molecule has 0 aromatic rings. The van der Waals surface area contributed by atoms with Gasteiger partial charge in [0.05, 0.1) is 0 Å². The van der Waals surface area contributed by atoms with Crippen LogP contribution in [-0.4, -0.2) is 7.55 Å². The predicted octanol–water partition coefficient (Wildman–Crippen LogP) is -1.41. The third-order valence-corrected chi connectivity index (χ3v) is 0. The molecule has 0 fully saturated rings. The quantitative estimate of drug-likeness (QED) is 0.351.